The summed E-state index contributed by atoms with van der Waals surface area (Å²) in [5, 5.41) is 0. The molecule has 0 radical (unpaired) electrons. The molecule has 0 saturated heterocycles. The third-order valence-electron chi connectivity index (χ3n) is 7.51. The van der Waals surface area contributed by atoms with E-state index in [1.54, 1.807) is 26.0 Å². The van der Waals surface area contributed by atoms with Crippen molar-refractivity contribution >= 4 is 21.6 Å². The quantitative estimate of drug-likeness (QED) is 0.192. The van der Waals surface area contributed by atoms with Crippen LogP contribution in [0.1, 0.15) is 159 Å². The SMILES string of the molecule is CC(C)(C(F)(F)F)C(F)(F)F.CC(C)(C)C.CC(C)(C)c1ccccc1.CC(C)(c1ccccc1)c1ccccc1.CC(C)C.CC(C)c1ccccc1.CCC.COC.CS(C)(=O)=O.CSC. The molecule has 11 heteroatoms. The van der Waals surface area contributed by atoms with Crippen molar-refractivity contribution in [2.75, 3.05) is 39.2 Å². The maximum Gasteiger partial charge on any atom is 0.402 e. The number of hydrogen-bond acceptors (Lipinski definition) is 4. The highest BCUT2D eigenvalue weighted by atomic mass is 32.2. The van der Waals surface area contributed by atoms with E-state index in [2.05, 4.69) is 231 Å². The van der Waals surface area contributed by atoms with Gasteiger partial charge in [0.05, 0.1) is 0 Å². The Bertz CT molecular complexity index is 1700. The topological polar surface area (TPSA) is 43.4 Å². The molecule has 4 aromatic rings. The minimum atomic E-state index is -5.24. The zero-order valence-corrected chi connectivity index (χ0v) is 48.4. The van der Waals surface area contributed by atoms with Crippen LogP contribution >= 0.6 is 11.8 Å². The van der Waals surface area contributed by atoms with Gasteiger partial charge in [0.15, 0.2) is 5.41 Å². The van der Waals surface area contributed by atoms with Crippen LogP contribution in [0.15, 0.2) is 121 Å². The second-order valence-electron chi connectivity index (χ2n) is 20.6. The Kier molecular flexibility index (Phi) is 44.2. The van der Waals surface area contributed by atoms with Crippen LogP contribution in [0.4, 0.5) is 26.3 Å². The lowest BCUT2D eigenvalue weighted by Crippen LogP contribution is -2.44. The van der Waals surface area contributed by atoms with Crippen LogP contribution in [-0.2, 0) is 25.4 Å². The molecule has 68 heavy (non-hydrogen) atoms. The number of rotatable bonds is 3. The van der Waals surface area contributed by atoms with E-state index < -0.39 is 27.6 Å². The minimum absolute atomic E-state index is 0.0858. The number of benzene rings is 4. The first kappa shape index (κ1) is 76.2. The van der Waals surface area contributed by atoms with Crippen molar-refractivity contribution in [3.05, 3.63) is 144 Å². The Morgan fingerprint density at radius 3 is 0.794 bits per heavy atom. The summed E-state index contributed by atoms with van der Waals surface area (Å²) < 4.78 is 93.2. The normalized spacial score (nSPS) is 11.1. The van der Waals surface area contributed by atoms with E-state index in [9.17, 15) is 34.8 Å². The van der Waals surface area contributed by atoms with Crippen molar-refractivity contribution in [2.45, 2.75) is 160 Å². The molecule has 4 rings (SSSR count). The molecule has 0 aliphatic heterocycles. The molecule has 0 N–H and O–H groups in total. The van der Waals surface area contributed by atoms with Gasteiger partial charge in [-0.25, -0.2) is 8.42 Å². The second kappa shape index (κ2) is 39.4. The number of sulfone groups is 1. The molecule has 0 unspecified atom stereocenters. The van der Waals surface area contributed by atoms with Gasteiger partial charge in [0.25, 0.3) is 0 Å². The van der Waals surface area contributed by atoms with Crippen LogP contribution in [0.3, 0.4) is 0 Å². The van der Waals surface area contributed by atoms with Crippen LogP contribution in [0.25, 0.3) is 0 Å². The maximum absolute atomic E-state index is 11.6. The number of thioether (sulfide) groups is 1. The minimum Gasteiger partial charge on any atom is -0.388 e. The summed E-state index contributed by atoms with van der Waals surface area (Å²) in [4.78, 5) is 0. The van der Waals surface area contributed by atoms with Gasteiger partial charge in [-0.1, -0.05) is 239 Å². The number of methoxy groups -OCH3 is 1. The molecular weight excluding hydrogens is 911 g/mol. The first-order valence-corrected chi connectivity index (χ1v) is 26.8. The average Bonchev–Trinajstić information content (AvgIpc) is 3.18. The summed E-state index contributed by atoms with van der Waals surface area (Å²) in [7, 11) is 0.583. The first-order chi connectivity index (χ1) is 30.6. The largest absolute Gasteiger partial charge is 0.402 e. The molecule has 3 nitrogen and oxygen atoms in total. The second-order valence-corrected chi connectivity index (χ2v) is 23.7. The molecule has 0 amide bonds. The van der Waals surface area contributed by atoms with Gasteiger partial charge in [-0.05, 0) is 71.3 Å². The molecule has 0 fully saturated rings. The fourth-order valence-corrected chi connectivity index (χ4v) is 3.81. The lowest BCUT2D eigenvalue weighted by molar-refractivity contribution is -0.327. The summed E-state index contributed by atoms with van der Waals surface area (Å²) in [5.74, 6) is 1.49. The Balaban J connectivity index is -0.000000166. The molecule has 0 aliphatic rings. The molecule has 0 bridgehead atoms. The molecule has 396 valence electrons. The lowest BCUT2D eigenvalue weighted by Gasteiger charge is -2.29. The van der Waals surface area contributed by atoms with E-state index in [1.807, 2.05) is 18.6 Å². The van der Waals surface area contributed by atoms with Crippen LogP contribution in [0.2, 0.25) is 0 Å². The van der Waals surface area contributed by atoms with E-state index in [-0.39, 0.29) is 19.3 Å². The van der Waals surface area contributed by atoms with Gasteiger partial charge in [0.2, 0.25) is 0 Å². The molecular formula is C57H96F6O3S2. The molecule has 0 aromatic heterocycles. The van der Waals surface area contributed by atoms with Gasteiger partial charge < -0.3 is 4.74 Å². The number of ether oxygens (including phenoxy) is 1. The van der Waals surface area contributed by atoms with Gasteiger partial charge in [-0.15, -0.1) is 0 Å². The van der Waals surface area contributed by atoms with Crippen LogP contribution < -0.4 is 0 Å². The highest BCUT2D eigenvalue weighted by molar-refractivity contribution is 7.97. The van der Waals surface area contributed by atoms with Crippen molar-refractivity contribution in [3.8, 4) is 0 Å². The highest BCUT2D eigenvalue weighted by Gasteiger charge is 2.64. The molecule has 4 aromatic carbocycles. The smallest absolute Gasteiger partial charge is 0.388 e. The lowest BCUT2D eigenvalue weighted by atomic mass is 9.78. The number of hydrogen-bond donors (Lipinski definition) is 0. The van der Waals surface area contributed by atoms with Crippen molar-refractivity contribution in [2.24, 2.45) is 16.7 Å². The van der Waals surface area contributed by atoms with E-state index in [1.165, 1.54) is 28.7 Å². The predicted octanol–water partition coefficient (Wildman–Crippen LogP) is 19.0. The summed E-state index contributed by atoms with van der Waals surface area (Å²) in [5.41, 5.74) is 2.78. The van der Waals surface area contributed by atoms with E-state index in [0.717, 1.165) is 18.4 Å². The summed E-state index contributed by atoms with van der Waals surface area (Å²) in [6.45, 7) is 35.3. The maximum atomic E-state index is 11.6. The Hall–Kier alpha value is -3.28. The monoisotopic (exact) mass is 1010 g/mol. The number of halogens is 6. The van der Waals surface area contributed by atoms with Crippen molar-refractivity contribution in [1.82, 2.24) is 0 Å². The molecule has 0 saturated carbocycles. The zero-order chi connectivity index (χ0) is 55.2. The van der Waals surface area contributed by atoms with Crippen molar-refractivity contribution in [1.29, 1.82) is 0 Å². The standard InChI is InChI=1S/C15H16.C10H14.C9H12.C5H6F6.C5H12.C4H10.C3H8.C2H6O2S.C2H6O.C2H6S/c1-15(2,13-9-5-3-6-10-13)14-11-7-4-8-12-14;1-10(2,3)9-7-5-4-6-8-9;1-8(2)9-6-4-3-5-7-9;1-3(2,4(6,7)8)5(9,10)11;1-5(2,3)4;1-4(2)3;1-3-2;1-5(2,3)4;2*1-3-2/h3-12H,1-2H3;4-8H,1-3H3;3-8H,1-2H3;1-2H3;1-4H3;4H,1-3H3;3H2,1-2H3;1-2H3;2*1-2H3. The van der Waals surface area contributed by atoms with Gasteiger partial charge in [0, 0.05) is 32.1 Å². The van der Waals surface area contributed by atoms with E-state index in [4.69, 9.17) is 0 Å². The van der Waals surface area contributed by atoms with E-state index >= 15 is 0 Å². The van der Waals surface area contributed by atoms with Gasteiger partial charge >= 0.3 is 12.4 Å². The Labute approximate surface area is 419 Å². The fraction of sp³-hybridized carbons (Fsp3) is 0.579. The first-order valence-electron chi connectivity index (χ1n) is 22.9. The third-order valence-corrected chi connectivity index (χ3v) is 7.51. The molecule has 0 heterocycles. The fourth-order valence-electron chi connectivity index (χ4n) is 3.81. The van der Waals surface area contributed by atoms with E-state index in [0.29, 0.717) is 16.7 Å². The van der Waals surface area contributed by atoms with Gasteiger partial charge in [0.1, 0.15) is 9.84 Å². The summed E-state index contributed by atoms with van der Waals surface area (Å²) >= 11 is 1.75. The van der Waals surface area contributed by atoms with Crippen molar-refractivity contribution in [3.63, 3.8) is 0 Å². The number of alkyl halides is 6. The summed E-state index contributed by atoms with van der Waals surface area (Å²) in [6.07, 6.45) is -2.84. The Morgan fingerprint density at radius 2 is 0.676 bits per heavy atom. The third kappa shape index (κ3) is 50.6. The van der Waals surface area contributed by atoms with Gasteiger partial charge in [-0.2, -0.15) is 38.1 Å². The molecule has 0 aliphatic carbocycles. The highest BCUT2D eigenvalue weighted by Crippen LogP contribution is 2.49. The molecule has 0 spiro atoms. The summed E-state index contributed by atoms with van der Waals surface area (Å²) in [6, 6.07) is 42.3. The predicted molar refractivity (Wildman–Crippen MR) is 291 cm³/mol. The van der Waals surface area contributed by atoms with Gasteiger partial charge in [-0.3, -0.25) is 0 Å². The Morgan fingerprint density at radius 1 is 0.500 bits per heavy atom. The zero-order valence-electron chi connectivity index (χ0n) is 46.7. The van der Waals surface area contributed by atoms with Crippen LogP contribution in [-0.4, -0.2) is 60.0 Å². The molecule has 0 atom stereocenters. The van der Waals surface area contributed by atoms with Crippen LogP contribution in [0.5, 0.6) is 0 Å². The average molecular weight is 1010 g/mol. The van der Waals surface area contributed by atoms with Crippen molar-refractivity contribution < 1.29 is 39.5 Å². The van der Waals surface area contributed by atoms with Crippen LogP contribution in [0, 0.1) is 16.7 Å².